The number of nitrogens with zero attached hydrogens (tertiary/aromatic N) is 1. The van der Waals surface area contributed by atoms with Crippen molar-refractivity contribution in [2.24, 2.45) is 0 Å². The molecule has 0 aromatic heterocycles. The third-order valence-electron chi connectivity index (χ3n) is 3.50. The Bertz CT molecular complexity index is 587. The van der Waals surface area contributed by atoms with E-state index in [0.717, 1.165) is 23.7 Å². The first kappa shape index (κ1) is 19.6. The van der Waals surface area contributed by atoms with E-state index in [1.165, 1.54) is 0 Å². The van der Waals surface area contributed by atoms with Crippen LogP contribution in [-0.4, -0.2) is 40.0 Å². The maximum atomic E-state index is 12.3. The van der Waals surface area contributed by atoms with Crippen LogP contribution in [0, 0.1) is 0 Å². The van der Waals surface area contributed by atoms with E-state index in [-0.39, 0.29) is 5.56 Å². The first-order valence-corrected chi connectivity index (χ1v) is 9.29. The lowest BCUT2D eigenvalue weighted by atomic mass is 10.1. The molecule has 1 aliphatic heterocycles. The molecule has 0 radical (unpaired) electrons. The number of nitrogens with one attached hydrogen (secondary N) is 1. The number of amides is 2. The largest absolute Gasteiger partial charge is 0.433 e. The fraction of sp³-hybridized carbons (Fsp3) is 0.467. The molecule has 132 valence electrons. The molecule has 1 atom stereocenters. The van der Waals surface area contributed by atoms with Crippen LogP contribution >= 0.6 is 50.7 Å². The number of rotatable bonds is 3. The minimum absolute atomic E-state index is 0.282. The Hall–Kier alpha value is -0.690. The molecule has 2 amide bonds. The summed E-state index contributed by atoms with van der Waals surface area (Å²) >= 11 is 20.8. The maximum Gasteiger partial charge on any atom is 0.340 e. The maximum absolute atomic E-state index is 12.3. The number of benzene rings is 1. The third kappa shape index (κ3) is 5.69. The molecule has 1 aromatic rings. The van der Waals surface area contributed by atoms with Crippen molar-refractivity contribution in [2.75, 3.05) is 13.1 Å². The second-order valence-corrected chi connectivity index (χ2v) is 8.62. The molecule has 2 rings (SSSR count). The minimum atomic E-state index is -1.99. The molecule has 24 heavy (non-hydrogen) atoms. The van der Waals surface area contributed by atoms with Gasteiger partial charge in [0.15, 0.2) is 0 Å². The second-order valence-electron chi connectivity index (χ2n) is 5.33. The average Bonchev–Trinajstić information content (AvgIpc) is 2.54. The normalized spacial score (nSPS) is 16.4. The van der Waals surface area contributed by atoms with Crippen LogP contribution in [-0.2, 0) is 4.74 Å². The summed E-state index contributed by atoms with van der Waals surface area (Å²) in [7, 11) is 0. The molecule has 1 N–H and O–H groups in total. The monoisotopic (exact) mass is 456 g/mol. The van der Waals surface area contributed by atoms with Gasteiger partial charge in [-0.15, -0.1) is 0 Å². The lowest BCUT2D eigenvalue weighted by Gasteiger charge is -2.31. The van der Waals surface area contributed by atoms with E-state index in [4.69, 9.17) is 39.5 Å². The molecule has 0 aliphatic carbocycles. The average molecular weight is 459 g/mol. The molecule has 0 bridgehead atoms. The predicted molar refractivity (Wildman–Crippen MR) is 97.6 cm³/mol. The van der Waals surface area contributed by atoms with Gasteiger partial charge in [-0.1, -0.05) is 50.7 Å². The fourth-order valence-corrected chi connectivity index (χ4v) is 2.80. The van der Waals surface area contributed by atoms with Crippen molar-refractivity contribution in [2.45, 2.75) is 29.3 Å². The molecule has 0 saturated carbocycles. The SMILES string of the molecule is O=C(O[C@@H](NC(=O)N1CCCCC1)C(Cl)(Cl)Cl)c1ccc(Br)cc1. The van der Waals surface area contributed by atoms with Gasteiger partial charge in [0.25, 0.3) is 0 Å². The van der Waals surface area contributed by atoms with Crippen LogP contribution in [0.1, 0.15) is 29.6 Å². The highest BCUT2D eigenvalue weighted by Gasteiger charge is 2.38. The molecule has 1 fully saturated rings. The smallest absolute Gasteiger partial charge is 0.340 e. The molecule has 1 saturated heterocycles. The molecule has 1 aliphatic rings. The summed E-state index contributed by atoms with van der Waals surface area (Å²) in [6, 6.07) is 6.08. The number of carbonyl (C=O) groups is 2. The number of carbonyl (C=O) groups excluding carboxylic acids is 2. The van der Waals surface area contributed by atoms with Gasteiger partial charge < -0.3 is 9.64 Å². The number of piperidine rings is 1. The Morgan fingerprint density at radius 1 is 1.12 bits per heavy atom. The summed E-state index contributed by atoms with van der Waals surface area (Å²) in [6.45, 7) is 1.25. The lowest BCUT2D eigenvalue weighted by Crippen LogP contribution is -2.52. The second kappa shape index (κ2) is 8.61. The summed E-state index contributed by atoms with van der Waals surface area (Å²) in [6.07, 6.45) is 1.53. The summed E-state index contributed by atoms with van der Waals surface area (Å²) in [5.41, 5.74) is 0.282. The van der Waals surface area contributed by atoms with Gasteiger partial charge in [-0.2, -0.15) is 0 Å². The summed E-state index contributed by atoms with van der Waals surface area (Å²) in [4.78, 5) is 26.1. The fourth-order valence-electron chi connectivity index (χ4n) is 2.24. The molecular formula is C15H16BrCl3N2O3. The molecule has 0 spiro atoms. The van der Waals surface area contributed by atoms with E-state index in [1.54, 1.807) is 29.2 Å². The van der Waals surface area contributed by atoms with Crippen molar-refractivity contribution < 1.29 is 14.3 Å². The van der Waals surface area contributed by atoms with Gasteiger partial charge in [0, 0.05) is 17.6 Å². The Kier molecular flexibility index (Phi) is 7.04. The first-order chi connectivity index (χ1) is 11.3. The van der Waals surface area contributed by atoms with E-state index in [1.807, 2.05) is 0 Å². The molecule has 1 heterocycles. The van der Waals surface area contributed by atoms with Gasteiger partial charge in [0.1, 0.15) is 0 Å². The predicted octanol–water partition coefficient (Wildman–Crippen LogP) is 4.50. The topological polar surface area (TPSA) is 58.6 Å². The molecule has 9 heteroatoms. The van der Waals surface area contributed by atoms with Crippen LogP contribution < -0.4 is 5.32 Å². The highest BCUT2D eigenvalue weighted by atomic mass is 79.9. The van der Waals surface area contributed by atoms with Crippen LogP contribution in [0.2, 0.25) is 0 Å². The van der Waals surface area contributed by atoms with E-state index >= 15 is 0 Å². The van der Waals surface area contributed by atoms with E-state index in [9.17, 15) is 9.59 Å². The Morgan fingerprint density at radius 2 is 1.71 bits per heavy atom. The Morgan fingerprint density at radius 3 is 2.25 bits per heavy atom. The molecule has 5 nitrogen and oxygen atoms in total. The quantitative estimate of drug-likeness (QED) is 0.412. The van der Waals surface area contributed by atoms with Crippen LogP contribution in [0.3, 0.4) is 0 Å². The Balaban J connectivity index is 2.03. The van der Waals surface area contributed by atoms with Crippen molar-refractivity contribution in [3.63, 3.8) is 0 Å². The zero-order valence-electron chi connectivity index (χ0n) is 12.6. The zero-order valence-corrected chi connectivity index (χ0v) is 16.5. The summed E-state index contributed by atoms with van der Waals surface area (Å²) < 4.78 is 4.02. The van der Waals surface area contributed by atoms with E-state index in [0.29, 0.717) is 13.1 Å². The molecular weight excluding hydrogens is 442 g/mol. The Labute approximate surface area is 163 Å². The number of urea groups is 1. The summed E-state index contributed by atoms with van der Waals surface area (Å²) in [5.74, 6) is -0.697. The number of ether oxygens (including phenoxy) is 1. The molecule has 0 unspecified atom stereocenters. The van der Waals surface area contributed by atoms with Crippen molar-refractivity contribution in [1.29, 1.82) is 0 Å². The number of alkyl halides is 3. The standard InChI is InChI=1S/C15H16BrCl3N2O3/c16-11-6-4-10(5-7-11)12(22)24-13(15(17,18)19)20-14(23)21-8-2-1-3-9-21/h4-7,13H,1-3,8-9H2,(H,20,23)/t13-/m1/s1. The van der Waals surface area contributed by atoms with Crippen molar-refractivity contribution in [3.05, 3.63) is 34.3 Å². The van der Waals surface area contributed by atoms with Crippen LogP contribution in [0.4, 0.5) is 4.79 Å². The van der Waals surface area contributed by atoms with Crippen molar-refractivity contribution >= 4 is 62.7 Å². The van der Waals surface area contributed by atoms with Crippen LogP contribution in [0.15, 0.2) is 28.7 Å². The highest BCUT2D eigenvalue weighted by Crippen LogP contribution is 2.31. The van der Waals surface area contributed by atoms with E-state index < -0.39 is 22.0 Å². The van der Waals surface area contributed by atoms with Gasteiger partial charge >= 0.3 is 12.0 Å². The first-order valence-electron chi connectivity index (χ1n) is 7.36. The van der Waals surface area contributed by atoms with Gasteiger partial charge in [-0.05, 0) is 43.5 Å². The van der Waals surface area contributed by atoms with Crippen molar-refractivity contribution in [1.82, 2.24) is 10.2 Å². The minimum Gasteiger partial charge on any atom is -0.433 e. The zero-order chi connectivity index (χ0) is 17.7. The van der Waals surface area contributed by atoms with Gasteiger partial charge in [-0.3, -0.25) is 5.32 Å². The van der Waals surface area contributed by atoms with Crippen LogP contribution in [0.5, 0.6) is 0 Å². The number of esters is 1. The number of hydrogen-bond donors (Lipinski definition) is 1. The van der Waals surface area contributed by atoms with Gasteiger partial charge in [0.05, 0.1) is 5.56 Å². The number of halogens is 4. The number of likely N-dealkylation sites (tertiary alicyclic amines) is 1. The van der Waals surface area contributed by atoms with E-state index in [2.05, 4.69) is 21.2 Å². The van der Waals surface area contributed by atoms with Gasteiger partial charge in [-0.25, -0.2) is 9.59 Å². The third-order valence-corrected chi connectivity index (χ3v) is 4.62. The highest BCUT2D eigenvalue weighted by molar-refractivity contribution is 9.10. The summed E-state index contributed by atoms with van der Waals surface area (Å²) in [5, 5.41) is 2.48. The number of hydrogen-bond acceptors (Lipinski definition) is 3. The lowest BCUT2D eigenvalue weighted by molar-refractivity contribution is 0.0240. The van der Waals surface area contributed by atoms with Crippen molar-refractivity contribution in [3.8, 4) is 0 Å². The van der Waals surface area contributed by atoms with Crippen LogP contribution in [0.25, 0.3) is 0 Å². The van der Waals surface area contributed by atoms with Gasteiger partial charge in [0.2, 0.25) is 10.0 Å². The molecule has 1 aromatic carbocycles.